The number of carbonyl (C=O) groups is 1. The van der Waals surface area contributed by atoms with Gasteiger partial charge in [-0.25, -0.2) is 4.79 Å². The van der Waals surface area contributed by atoms with E-state index in [0.717, 1.165) is 45.2 Å². The second-order valence-electron chi connectivity index (χ2n) is 7.33. The number of rotatable bonds is 2. The summed E-state index contributed by atoms with van der Waals surface area (Å²) in [5, 5.41) is 3.43. The Balaban J connectivity index is 1.78. The monoisotopic (exact) mass is 297 g/mol. The molecule has 0 bridgehead atoms. The van der Waals surface area contributed by atoms with Crippen LogP contribution in [0.15, 0.2) is 0 Å². The normalized spacial score (nSPS) is 23.9. The summed E-state index contributed by atoms with van der Waals surface area (Å²) in [5.41, 5.74) is -0.406. The molecule has 0 aromatic heterocycles. The predicted molar refractivity (Wildman–Crippen MR) is 84.4 cm³/mol. The first-order valence-electron chi connectivity index (χ1n) is 8.29. The summed E-state index contributed by atoms with van der Waals surface area (Å²) < 4.78 is 5.45. The van der Waals surface area contributed by atoms with Gasteiger partial charge >= 0.3 is 6.09 Å². The Morgan fingerprint density at radius 2 is 1.71 bits per heavy atom. The lowest BCUT2D eigenvalue weighted by Gasteiger charge is -2.42. The minimum atomic E-state index is -0.406. The molecule has 0 spiro atoms. The first-order chi connectivity index (χ1) is 9.87. The van der Waals surface area contributed by atoms with Crippen molar-refractivity contribution in [1.29, 1.82) is 0 Å². The third-order valence-electron chi connectivity index (χ3n) is 4.61. The van der Waals surface area contributed by atoms with E-state index in [1.165, 1.54) is 12.8 Å². The first-order valence-corrected chi connectivity index (χ1v) is 8.29. The van der Waals surface area contributed by atoms with E-state index in [0.29, 0.717) is 6.04 Å². The van der Waals surface area contributed by atoms with Crippen LogP contribution in [0.1, 0.15) is 40.5 Å². The molecule has 0 aliphatic carbocycles. The zero-order valence-corrected chi connectivity index (χ0v) is 14.0. The van der Waals surface area contributed by atoms with Crippen molar-refractivity contribution in [1.82, 2.24) is 15.1 Å². The van der Waals surface area contributed by atoms with Gasteiger partial charge in [-0.15, -0.1) is 0 Å². The number of nitrogens with one attached hydrogen (secondary N) is 1. The average molecular weight is 297 g/mol. The average Bonchev–Trinajstić information content (AvgIpc) is 2.46. The molecule has 2 aliphatic rings. The molecule has 0 aromatic rings. The van der Waals surface area contributed by atoms with Crippen LogP contribution in [0.3, 0.4) is 0 Å². The van der Waals surface area contributed by atoms with Crippen LogP contribution in [-0.2, 0) is 4.74 Å². The minimum absolute atomic E-state index is 0.170. The number of hydrogen-bond acceptors (Lipinski definition) is 4. The van der Waals surface area contributed by atoms with Crippen molar-refractivity contribution in [3.63, 3.8) is 0 Å². The van der Waals surface area contributed by atoms with Crippen molar-refractivity contribution in [3.05, 3.63) is 0 Å². The maximum absolute atomic E-state index is 12.1. The number of nitrogens with zero attached hydrogens (tertiary/aromatic N) is 2. The molecule has 1 N–H and O–H groups in total. The fourth-order valence-electron chi connectivity index (χ4n) is 3.26. The molecule has 122 valence electrons. The van der Waals surface area contributed by atoms with Crippen LogP contribution in [0.2, 0.25) is 0 Å². The molecule has 1 atom stereocenters. The summed E-state index contributed by atoms with van der Waals surface area (Å²) in [4.78, 5) is 16.5. The predicted octanol–water partition coefficient (Wildman–Crippen LogP) is 1.93. The molecule has 0 aromatic carbocycles. The van der Waals surface area contributed by atoms with E-state index < -0.39 is 5.60 Å². The lowest BCUT2D eigenvalue weighted by molar-refractivity contribution is 0.00683. The number of hydrogen-bond donors (Lipinski definition) is 1. The molecule has 2 aliphatic heterocycles. The lowest BCUT2D eigenvalue weighted by atomic mass is 9.90. The standard InChI is InChI=1S/C16H31N3O2/c1-13(14-5-7-17-8-6-14)18-9-11-19(12-10-18)15(20)21-16(2,3)4/h13-14,17H,5-12H2,1-4H3. The molecule has 2 fully saturated rings. The Labute approximate surface area is 129 Å². The number of piperazine rings is 1. The van der Waals surface area contributed by atoms with Gasteiger partial charge in [-0.05, 0) is 59.5 Å². The molecule has 0 saturated carbocycles. The van der Waals surface area contributed by atoms with Gasteiger partial charge in [0.25, 0.3) is 0 Å². The van der Waals surface area contributed by atoms with Crippen molar-refractivity contribution in [2.75, 3.05) is 39.3 Å². The van der Waals surface area contributed by atoms with Crippen LogP contribution in [0, 0.1) is 5.92 Å². The van der Waals surface area contributed by atoms with Crippen molar-refractivity contribution in [2.45, 2.75) is 52.2 Å². The van der Waals surface area contributed by atoms with E-state index in [4.69, 9.17) is 4.74 Å². The van der Waals surface area contributed by atoms with Gasteiger partial charge in [0, 0.05) is 32.2 Å². The summed E-state index contributed by atoms with van der Waals surface area (Å²) in [5.74, 6) is 0.791. The molecule has 0 radical (unpaired) electrons. The zero-order valence-electron chi connectivity index (χ0n) is 14.0. The van der Waals surface area contributed by atoms with Gasteiger partial charge in [0.2, 0.25) is 0 Å². The Morgan fingerprint density at radius 3 is 2.24 bits per heavy atom. The maximum atomic E-state index is 12.1. The number of carbonyl (C=O) groups excluding carboxylic acids is 1. The van der Waals surface area contributed by atoms with E-state index in [1.807, 2.05) is 25.7 Å². The Kier molecular flexibility index (Phi) is 5.49. The van der Waals surface area contributed by atoms with Crippen LogP contribution in [0.25, 0.3) is 0 Å². The molecular weight excluding hydrogens is 266 g/mol. The summed E-state index contributed by atoms with van der Waals surface area (Å²) >= 11 is 0. The second-order valence-corrected chi connectivity index (χ2v) is 7.33. The summed E-state index contributed by atoms with van der Waals surface area (Å²) in [7, 11) is 0. The molecular formula is C16H31N3O2. The molecule has 5 heteroatoms. The molecule has 1 amide bonds. The third kappa shape index (κ3) is 4.85. The summed E-state index contributed by atoms with van der Waals surface area (Å²) in [6, 6.07) is 0.618. The highest BCUT2D eigenvalue weighted by Gasteiger charge is 2.30. The van der Waals surface area contributed by atoms with Gasteiger partial charge in [0.05, 0.1) is 0 Å². The maximum Gasteiger partial charge on any atom is 0.410 e. The number of piperidine rings is 1. The van der Waals surface area contributed by atoms with Crippen molar-refractivity contribution >= 4 is 6.09 Å². The quantitative estimate of drug-likeness (QED) is 0.846. The Bertz CT molecular complexity index is 340. The van der Waals surface area contributed by atoms with Crippen molar-refractivity contribution in [2.24, 2.45) is 5.92 Å². The van der Waals surface area contributed by atoms with Crippen LogP contribution in [0.4, 0.5) is 4.79 Å². The largest absolute Gasteiger partial charge is 0.444 e. The Hall–Kier alpha value is -0.810. The van der Waals surface area contributed by atoms with Crippen LogP contribution < -0.4 is 5.32 Å². The zero-order chi connectivity index (χ0) is 15.5. The highest BCUT2D eigenvalue weighted by atomic mass is 16.6. The highest BCUT2D eigenvalue weighted by molar-refractivity contribution is 5.68. The van der Waals surface area contributed by atoms with E-state index in [-0.39, 0.29) is 6.09 Å². The number of ether oxygens (including phenoxy) is 1. The van der Waals surface area contributed by atoms with E-state index in [1.54, 1.807) is 0 Å². The van der Waals surface area contributed by atoms with Crippen LogP contribution in [0.5, 0.6) is 0 Å². The Morgan fingerprint density at radius 1 is 1.14 bits per heavy atom. The van der Waals surface area contributed by atoms with Crippen molar-refractivity contribution < 1.29 is 9.53 Å². The molecule has 2 heterocycles. The minimum Gasteiger partial charge on any atom is -0.444 e. The van der Waals surface area contributed by atoms with E-state index >= 15 is 0 Å². The smallest absolute Gasteiger partial charge is 0.410 e. The SMILES string of the molecule is CC(C1CCNCC1)N1CCN(C(=O)OC(C)(C)C)CC1. The number of amides is 1. The summed E-state index contributed by atoms with van der Waals surface area (Å²) in [6.07, 6.45) is 2.37. The van der Waals surface area contributed by atoms with Crippen molar-refractivity contribution in [3.8, 4) is 0 Å². The van der Waals surface area contributed by atoms with Gasteiger partial charge in [-0.3, -0.25) is 4.90 Å². The fraction of sp³-hybridized carbons (Fsp3) is 0.938. The molecule has 21 heavy (non-hydrogen) atoms. The third-order valence-corrected chi connectivity index (χ3v) is 4.61. The van der Waals surface area contributed by atoms with Crippen LogP contribution in [-0.4, -0.2) is 66.8 Å². The van der Waals surface area contributed by atoms with Gasteiger partial charge in [0.15, 0.2) is 0 Å². The molecule has 1 unspecified atom stereocenters. The van der Waals surface area contributed by atoms with E-state index in [9.17, 15) is 4.79 Å². The van der Waals surface area contributed by atoms with Crippen LogP contribution >= 0.6 is 0 Å². The fourth-order valence-corrected chi connectivity index (χ4v) is 3.26. The summed E-state index contributed by atoms with van der Waals surface area (Å²) in [6.45, 7) is 13.9. The first kappa shape index (κ1) is 16.6. The van der Waals surface area contributed by atoms with Gasteiger partial charge in [-0.2, -0.15) is 0 Å². The highest BCUT2D eigenvalue weighted by Crippen LogP contribution is 2.22. The van der Waals surface area contributed by atoms with E-state index in [2.05, 4.69) is 17.1 Å². The molecule has 5 nitrogen and oxygen atoms in total. The lowest BCUT2D eigenvalue weighted by Crippen LogP contribution is -2.54. The molecule has 2 saturated heterocycles. The van der Waals surface area contributed by atoms with Gasteiger partial charge in [0.1, 0.15) is 5.60 Å². The second kappa shape index (κ2) is 6.97. The molecule has 2 rings (SSSR count). The topological polar surface area (TPSA) is 44.8 Å². The van der Waals surface area contributed by atoms with Gasteiger partial charge < -0.3 is 15.0 Å². The van der Waals surface area contributed by atoms with Gasteiger partial charge in [-0.1, -0.05) is 0 Å².